The predicted octanol–water partition coefficient (Wildman–Crippen LogP) is 2.27. The smallest absolute Gasteiger partial charge is 0.0106 e. The van der Waals surface area contributed by atoms with Crippen molar-refractivity contribution < 1.29 is 0 Å². The van der Waals surface area contributed by atoms with Gasteiger partial charge in [0.1, 0.15) is 0 Å². The second kappa shape index (κ2) is 8.40. The van der Waals surface area contributed by atoms with E-state index < -0.39 is 0 Å². The molecular formula is C8H13NS. The zero-order valence-electron chi connectivity index (χ0n) is 6.16. The SMILES string of the molecule is CC=CCN.c1ccsc1. The molecule has 10 heavy (non-hydrogen) atoms. The molecule has 0 fully saturated rings. The largest absolute Gasteiger partial charge is 0.327 e. The summed E-state index contributed by atoms with van der Waals surface area (Å²) in [5.74, 6) is 0. The van der Waals surface area contributed by atoms with E-state index in [1.165, 1.54) is 0 Å². The number of hydrogen-bond acceptors (Lipinski definition) is 2. The van der Waals surface area contributed by atoms with E-state index in [-0.39, 0.29) is 0 Å². The summed E-state index contributed by atoms with van der Waals surface area (Å²) < 4.78 is 0. The van der Waals surface area contributed by atoms with Crippen LogP contribution in [0.4, 0.5) is 0 Å². The van der Waals surface area contributed by atoms with E-state index in [2.05, 4.69) is 0 Å². The maximum Gasteiger partial charge on any atom is 0.0106 e. The minimum Gasteiger partial charge on any atom is -0.327 e. The molecule has 0 aromatic carbocycles. The molecule has 0 amide bonds. The van der Waals surface area contributed by atoms with Gasteiger partial charge in [0, 0.05) is 6.54 Å². The van der Waals surface area contributed by atoms with Gasteiger partial charge in [0.25, 0.3) is 0 Å². The molecule has 1 heterocycles. The van der Waals surface area contributed by atoms with Gasteiger partial charge in [-0.05, 0) is 17.7 Å². The van der Waals surface area contributed by atoms with E-state index in [0.29, 0.717) is 6.54 Å². The molecule has 2 N–H and O–H groups in total. The van der Waals surface area contributed by atoms with Crippen molar-refractivity contribution in [1.29, 1.82) is 0 Å². The number of allylic oxidation sites excluding steroid dienone is 1. The summed E-state index contributed by atoms with van der Waals surface area (Å²) in [6, 6.07) is 4.04. The Hall–Kier alpha value is -0.600. The van der Waals surface area contributed by atoms with Crippen molar-refractivity contribution in [2.75, 3.05) is 6.54 Å². The lowest BCUT2D eigenvalue weighted by Crippen LogP contribution is -1.90. The normalized spacial score (nSPS) is 9.00. The van der Waals surface area contributed by atoms with Crippen LogP contribution in [-0.4, -0.2) is 6.54 Å². The number of thiophene rings is 1. The van der Waals surface area contributed by atoms with Gasteiger partial charge in [-0.25, -0.2) is 0 Å². The summed E-state index contributed by atoms with van der Waals surface area (Å²) >= 11 is 1.71. The van der Waals surface area contributed by atoms with Crippen molar-refractivity contribution in [1.82, 2.24) is 0 Å². The number of rotatable bonds is 1. The maximum absolute atomic E-state index is 5.05. The van der Waals surface area contributed by atoms with Crippen molar-refractivity contribution in [2.24, 2.45) is 5.73 Å². The fraction of sp³-hybridized carbons (Fsp3) is 0.250. The Labute approximate surface area is 66.2 Å². The summed E-state index contributed by atoms with van der Waals surface area (Å²) in [5, 5.41) is 4.08. The van der Waals surface area contributed by atoms with Crippen LogP contribution in [0, 0.1) is 0 Å². The molecule has 0 aliphatic carbocycles. The van der Waals surface area contributed by atoms with E-state index in [0.717, 1.165) is 0 Å². The summed E-state index contributed by atoms with van der Waals surface area (Å²) in [5.41, 5.74) is 5.05. The first kappa shape index (κ1) is 9.40. The van der Waals surface area contributed by atoms with Gasteiger partial charge < -0.3 is 5.73 Å². The highest BCUT2D eigenvalue weighted by Crippen LogP contribution is 1.91. The van der Waals surface area contributed by atoms with Crippen LogP contribution in [0.1, 0.15) is 6.92 Å². The van der Waals surface area contributed by atoms with E-state index in [4.69, 9.17) is 5.73 Å². The van der Waals surface area contributed by atoms with Crippen LogP contribution in [0.25, 0.3) is 0 Å². The quantitative estimate of drug-likeness (QED) is 0.618. The molecule has 1 aromatic heterocycles. The Morgan fingerprint density at radius 1 is 1.40 bits per heavy atom. The Balaban J connectivity index is 0.000000162. The minimum absolute atomic E-state index is 0.663. The molecule has 1 rings (SSSR count). The average Bonchev–Trinajstić information content (AvgIpc) is 2.44. The fourth-order valence-electron chi connectivity index (χ4n) is 0.363. The summed E-state index contributed by atoms with van der Waals surface area (Å²) in [6.07, 6.45) is 3.83. The van der Waals surface area contributed by atoms with Crippen molar-refractivity contribution in [2.45, 2.75) is 6.92 Å². The molecule has 0 aliphatic heterocycles. The van der Waals surface area contributed by atoms with E-state index in [1.807, 2.05) is 42.0 Å². The van der Waals surface area contributed by atoms with E-state index in [1.54, 1.807) is 11.3 Å². The molecule has 1 aromatic rings. The molecular weight excluding hydrogens is 142 g/mol. The van der Waals surface area contributed by atoms with Crippen molar-refractivity contribution in [3.05, 3.63) is 35.0 Å². The summed E-state index contributed by atoms with van der Waals surface area (Å²) in [6.45, 7) is 2.61. The van der Waals surface area contributed by atoms with Crippen LogP contribution in [0.2, 0.25) is 0 Å². The second-order valence-corrected chi connectivity index (χ2v) is 2.41. The molecule has 0 aliphatic rings. The van der Waals surface area contributed by atoms with Gasteiger partial charge in [-0.3, -0.25) is 0 Å². The molecule has 1 nitrogen and oxygen atoms in total. The third-order valence-electron chi connectivity index (χ3n) is 0.797. The van der Waals surface area contributed by atoms with Gasteiger partial charge in [-0.15, -0.1) is 0 Å². The first-order valence-electron chi connectivity index (χ1n) is 3.20. The molecule has 0 spiro atoms. The molecule has 0 unspecified atom stereocenters. The summed E-state index contributed by atoms with van der Waals surface area (Å²) in [4.78, 5) is 0. The first-order chi connectivity index (χ1) is 4.91. The molecule has 2 heteroatoms. The fourth-order valence-corrected chi connectivity index (χ4v) is 0.816. The highest BCUT2D eigenvalue weighted by Gasteiger charge is 1.58. The zero-order chi connectivity index (χ0) is 7.66. The molecule has 0 radical (unpaired) electrons. The third kappa shape index (κ3) is 7.40. The van der Waals surface area contributed by atoms with Crippen LogP contribution in [0.3, 0.4) is 0 Å². The lowest BCUT2D eigenvalue weighted by molar-refractivity contribution is 1.25. The average molecular weight is 155 g/mol. The predicted molar refractivity (Wildman–Crippen MR) is 48.2 cm³/mol. The number of nitrogens with two attached hydrogens (primary N) is 1. The van der Waals surface area contributed by atoms with Crippen molar-refractivity contribution >= 4 is 11.3 Å². The topological polar surface area (TPSA) is 26.0 Å². The lowest BCUT2D eigenvalue weighted by atomic mass is 10.5. The van der Waals surface area contributed by atoms with Crippen molar-refractivity contribution in [3.8, 4) is 0 Å². The minimum atomic E-state index is 0.663. The maximum atomic E-state index is 5.05. The first-order valence-corrected chi connectivity index (χ1v) is 4.14. The third-order valence-corrected chi connectivity index (χ3v) is 1.43. The molecule has 0 atom stereocenters. The van der Waals surface area contributed by atoms with Crippen LogP contribution >= 0.6 is 11.3 Å². The summed E-state index contributed by atoms with van der Waals surface area (Å²) in [7, 11) is 0. The van der Waals surface area contributed by atoms with E-state index in [9.17, 15) is 0 Å². The molecule has 0 saturated heterocycles. The zero-order valence-corrected chi connectivity index (χ0v) is 6.97. The standard InChI is InChI=1S/C4H9N.C4H4S/c1-2-3-4-5;1-2-4-5-3-1/h2-3H,4-5H2,1H3;1-4H. The van der Waals surface area contributed by atoms with Gasteiger partial charge in [-0.1, -0.05) is 24.3 Å². The van der Waals surface area contributed by atoms with Crippen LogP contribution in [0.5, 0.6) is 0 Å². The van der Waals surface area contributed by atoms with Gasteiger partial charge >= 0.3 is 0 Å². The van der Waals surface area contributed by atoms with Crippen molar-refractivity contribution in [3.63, 3.8) is 0 Å². The van der Waals surface area contributed by atoms with Gasteiger partial charge in [0.15, 0.2) is 0 Å². The number of hydrogen-bond donors (Lipinski definition) is 1. The Bertz CT molecular complexity index is 127. The van der Waals surface area contributed by atoms with Gasteiger partial charge in [0.05, 0.1) is 0 Å². The van der Waals surface area contributed by atoms with Crippen LogP contribution in [0.15, 0.2) is 35.0 Å². The Kier molecular flexibility index (Phi) is 7.90. The highest BCUT2D eigenvalue weighted by molar-refractivity contribution is 7.07. The van der Waals surface area contributed by atoms with E-state index >= 15 is 0 Å². The van der Waals surface area contributed by atoms with Gasteiger partial charge in [-0.2, -0.15) is 11.3 Å². The Morgan fingerprint density at radius 3 is 2.10 bits per heavy atom. The second-order valence-electron chi connectivity index (χ2n) is 1.60. The molecule has 56 valence electrons. The lowest BCUT2D eigenvalue weighted by Gasteiger charge is -1.67. The van der Waals surface area contributed by atoms with Gasteiger partial charge in [0.2, 0.25) is 0 Å². The molecule has 0 bridgehead atoms. The van der Waals surface area contributed by atoms with Crippen LogP contribution in [-0.2, 0) is 0 Å². The van der Waals surface area contributed by atoms with Crippen LogP contribution < -0.4 is 5.73 Å². The monoisotopic (exact) mass is 155 g/mol. The highest BCUT2D eigenvalue weighted by atomic mass is 32.1. The Morgan fingerprint density at radius 2 is 2.00 bits per heavy atom. The molecule has 0 saturated carbocycles.